The number of anilines is 1. The molecule has 0 aromatic heterocycles. The van der Waals surface area contributed by atoms with Crippen LogP contribution in [-0.4, -0.2) is 19.0 Å². The maximum atomic E-state index is 10.7. The van der Waals surface area contributed by atoms with Gasteiger partial charge in [-0.3, -0.25) is 4.79 Å². The minimum Gasteiger partial charge on any atom is -0.326 e. The summed E-state index contributed by atoms with van der Waals surface area (Å²) in [6.45, 7) is 12.3. The fourth-order valence-electron chi connectivity index (χ4n) is 1.87. The number of amides is 1. The Balaban J connectivity index is 0.000000345. The van der Waals surface area contributed by atoms with Gasteiger partial charge in [0, 0.05) is 12.6 Å². The normalized spacial score (nSPS) is 14.2. The van der Waals surface area contributed by atoms with Gasteiger partial charge in [0.05, 0.1) is 0 Å². The molecular weight excluding hydrogens is 248 g/mol. The average Bonchev–Trinajstić information content (AvgIpc) is 2.45. The predicted molar refractivity (Wildman–Crippen MR) is 88.1 cm³/mol. The van der Waals surface area contributed by atoms with E-state index in [4.69, 9.17) is 0 Å². The zero-order chi connectivity index (χ0) is 15.4. The highest BCUT2D eigenvalue weighted by Crippen LogP contribution is 2.12. The van der Waals surface area contributed by atoms with Gasteiger partial charge in [-0.15, -0.1) is 0 Å². The van der Waals surface area contributed by atoms with Crippen LogP contribution in [0, 0.1) is 12.8 Å². The summed E-state index contributed by atoms with van der Waals surface area (Å²) in [6, 6.07) is 7.70. The van der Waals surface area contributed by atoms with E-state index in [1.807, 2.05) is 45.0 Å². The van der Waals surface area contributed by atoms with Crippen LogP contribution in [0.1, 0.15) is 46.1 Å². The highest BCUT2D eigenvalue weighted by molar-refractivity contribution is 5.89. The van der Waals surface area contributed by atoms with E-state index in [9.17, 15) is 4.79 Å². The van der Waals surface area contributed by atoms with Crippen molar-refractivity contribution < 1.29 is 4.79 Å². The van der Waals surface area contributed by atoms with Gasteiger partial charge in [-0.1, -0.05) is 39.0 Å². The molecule has 114 valence electrons. The van der Waals surface area contributed by atoms with Gasteiger partial charge in [-0.2, -0.15) is 0 Å². The number of para-hydroxylation sites is 1. The molecule has 0 atom stereocenters. The Morgan fingerprint density at radius 1 is 1.20 bits per heavy atom. The van der Waals surface area contributed by atoms with Crippen molar-refractivity contribution in [1.29, 1.82) is 0 Å². The number of carbonyl (C=O) groups is 1. The van der Waals surface area contributed by atoms with E-state index in [1.54, 1.807) is 0 Å². The quantitative estimate of drug-likeness (QED) is 0.815. The summed E-state index contributed by atoms with van der Waals surface area (Å²) in [5.41, 5.74) is 1.97. The highest BCUT2D eigenvalue weighted by atomic mass is 16.1. The number of benzene rings is 1. The zero-order valence-corrected chi connectivity index (χ0v) is 13.6. The van der Waals surface area contributed by atoms with Crippen molar-refractivity contribution in [3.05, 3.63) is 29.8 Å². The Labute approximate surface area is 124 Å². The number of rotatable bonds is 1. The topological polar surface area (TPSA) is 41.1 Å². The lowest BCUT2D eigenvalue weighted by Crippen LogP contribution is -2.26. The van der Waals surface area contributed by atoms with Crippen LogP contribution in [-0.2, 0) is 4.79 Å². The van der Waals surface area contributed by atoms with Crippen molar-refractivity contribution in [3.8, 4) is 0 Å². The minimum atomic E-state index is -0.0284. The molecule has 1 aromatic rings. The Kier molecular flexibility index (Phi) is 10.7. The predicted octanol–water partition coefficient (Wildman–Crippen LogP) is 3.99. The molecule has 1 aliphatic heterocycles. The summed E-state index contributed by atoms with van der Waals surface area (Å²) in [5.74, 6) is 0.945. The minimum absolute atomic E-state index is 0.0284. The highest BCUT2D eigenvalue weighted by Gasteiger charge is 2.05. The maximum Gasteiger partial charge on any atom is 0.221 e. The molecule has 2 N–H and O–H groups in total. The van der Waals surface area contributed by atoms with Crippen LogP contribution in [0.3, 0.4) is 0 Å². The van der Waals surface area contributed by atoms with Crippen LogP contribution in [0.15, 0.2) is 24.3 Å². The van der Waals surface area contributed by atoms with Crippen molar-refractivity contribution in [2.45, 2.75) is 47.5 Å². The third-order valence-electron chi connectivity index (χ3n) is 3.08. The summed E-state index contributed by atoms with van der Waals surface area (Å²) in [6.07, 6.45) is 2.75. The fourth-order valence-corrected chi connectivity index (χ4v) is 1.87. The Hall–Kier alpha value is -1.35. The molecule has 0 radical (unpaired) electrons. The molecule has 0 unspecified atom stereocenters. The lowest BCUT2D eigenvalue weighted by Gasteiger charge is -2.17. The molecule has 2 rings (SSSR count). The Morgan fingerprint density at radius 2 is 1.75 bits per heavy atom. The van der Waals surface area contributed by atoms with Gasteiger partial charge in [-0.25, -0.2) is 0 Å². The smallest absolute Gasteiger partial charge is 0.221 e. The van der Waals surface area contributed by atoms with Crippen molar-refractivity contribution in [2.75, 3.05) is 18.4 Å². The second-order valence-electron chi connectivity index (χ2n) is 4.93. The summed E-state index contributed by atoms with van der Waals surface area (Å²) in [4.78, 5) is 10.7. The number of nitrogens with one attached hydrogen (secondary N) is 2. The summed E-state index contributed by atoms with van der Waals surface area (Å²) < 4.78 is 0. The van der Waals surface area contributed by atoms with Crippen LogP contribution in [0.4, 0.5) is 5.69 Å². The SMILES string of the molecule is CC.CC(=O)Nc1ccccc1C.CC1CCNCC1. The van der Waals surface area contributed by atoms with Gasteiger partial charge in [0.1, 0.15) is 0 Å². The molecule has 1 amide bonds. The lowest BCUT2D eigenvalue weighted by molar-refractivity contribution is -0.114. The van der Waals surface area contributed by atoms with Crippen LogP contribution >= 0.6 is 0 Å². The molecule has 0 bridgehead atoms. The molecular formula is C17H30N2O. The van der Waals surface area contributed by atoms with E-state index in [1.165, 1.54) is 32.9 Å². The van der Waals surface area contributed by atoms with Gasteiger partial charge in [0.25, 0.3) is 0 Å². The summed E-state index contributed by atoms with van der Waals surface area (Å²) in [7, 11) is 0. The monoisotopic (exact) mass is 278 g/mol. The number of hydrogen-bond acceptors (Lipinski definition) is 2. The summed E-state index contributed by atoms with van der Waals surface area (Å²) in [5, 5.41) is 6.05. The van der Waals surface area contributed by atoms with E-state index in [2.05, 4.69) is 17.6 Å². The van der Waals surface area contributed by atoms with Gasteiger partial charge >= 0.3 is 0 Å². The van der Waals surface area contributed by atoms with Crippen LogP contribution < -0.4 is 10.6 Å². The van der Waals surface area contributed by atoms with Crippen molar-refractivity contribution in [2.24, 2.45) is 5.92 Å². The maximum absolute atomic E-state index is 10.7. The van der Waals surface area contributed by atoms with E-state index >= 15 is 0 Å². The van der Waals surface area contributed by atoms with Gasteiger partial charge in [0.15, 0.2) is 0 Å². The molecule has 1 saturated heterocycles. The number of carbonyl (C=O) groups excluding carboxylic acids is 1. The molecule has 20 heavy (non-hydrogen) atoms. The van der Waals surface area contributed by atoms with Crippen molar-refractivity contribution in [1.82, 2.24) is 5.32 Å². The van der Waals surface area contributed by atoms with Gasteiger partial charge in [-0.05, 0) is 50.4 Å². The first-order valence-corrected chi connectivity index (χ1v) is 7.63. The first-order chi connectivity index (χ1) is 9.59. The number of piperidine rings is 1. The van der Waals surface area contributed by atoms with E-state index in [0.29, 0.717) is 0 Å². The first-order valence-electron chi connectivity index (χ1n) is 7.63. The third-order valence-corrected chi connectivity index (χ3v) is 3.08. The van der Waals surface area contributed by atoms with Crippen LogP contribution in [0.25, 0.3) is 0 Å². The second kappa shape index (κ2) is 11.5. The van der Waals surface area contributed by atoms with Gasteiger partial charge in [0.2, 0.25) is 5.91 Å². The molecule has 0 saturated carbocycles. The number of hydrogen-bond donors (Lipinski definition) is 2. The molecule has 3 nitrogen and oxygen atoms in total. The van der Waals surface area contributed by atoms with Crippen LogP contribution in [0.5, 0.6) is 0 Å². The molecule has 1 heterocycles. The summed E-state index contributed by atoms with van der Waals surface area (Å²) >= 11 is 0. The third kappa shape index (κ3) is 8.70. The second-order valence-corrected chi connectivity index (χ2v) is 4.93. The molecule has 1 fully saturated rings. The first kappa shape index (κ1) is 18.7. The Bertz CT molecular complexity index is 371. The number of aryl methyl sites for hydroxylation is 1. The molecule has 0 aliphatic carbocycles. The molecule has 0 spiro atoms. The molecule has 3 heteroatoms. The molecule has 1 aliphatic rings. The van der Waals surface area contributed by atoms with E-state index < -0.39 is 0 Å². The zero-order valence-electron chi connectivity index (χ0n) is 13.6. The largest absolute Gasteiger partial charge is 0.326 e. The molecule has 1 aromatic carbocycles. The van der Waals surface area contributed by atoms with E-state index in [-0.39, 0.29) is 5.91 Å². The standard InChI is InChI=1S/C9H11NO.C6H13N.C2H6/c1-7-5-3-4-6-9(7)10-8(2)11;1-6-2-4-7-5-3-6;1-2/h3-6H,1-2H3,(H,10,11);6-7H,2-5H2,1H3;1-2H3. The average molecular weight is 278 g/mol. The van der Waals surface area contributed by atoms with Gasteiger partial charge < -0.3 is 10.6 Å². The van der Waals surface area contributed by atoms with E-state index in [0.717, 1.165) is 17.2 Å². The van der Waals surface area contributed by atoms with Crippen molar-refractivity contribution in [3.63, 3.8) is 0 Å². The van der Waals surface area contributed by atoms with Crippen LogP contribution in [0.2, 0.25) is 0 Å². The lowest BCUT2D eigenvalue weighted by atomic mass is 10.0. The Morgan fingerprint density at radius 3 is 2.15 bits per heavy atom. The fraction of sp³-hybridized carbons (Fsp3) is 0.588. The van der Waals surface area contributed by atoms with Crippen molar-refractivity contribution >= 4 is 11.6 Å².